The van der Waals surface area contributed by atoms with E-state index in [4.69, 9.17) is 11.6 Å². The van der Waals surface area contributed by atoms with Crippen LogP contribution in [-0.4, -0.2) is 15.5 Å². The summed E-state index contributed by atoms with van der Waals surface area (Å²) in [6, 6.07) is 12.0. The Balaban J connectivity index is 1.87. The Morgan fingerprint density at radius 3 is 2.56 bits per heavy atom. The molecule has 1 aromatic heterocycles. The van der Waals surface area contributed by atoms with E-state index in [-0.39, 0.29) is 5.91 Å². The quantitative estimate of drug-likeness (QED) is 0.703. The van der Waals surface area contributed by atoms with Gasteiger partial charge in [-0.2, -0.15) is 0 Å². The molecular formula is C18H16ClN3O3. The Morgan fingerprint density at radius 1 is 1.16 bits per heavy atom. The Morgan fingerprint density at radius 2 is 1.88 bits per heavy atom. The standard InChI is InChI=1S/C18H16ClN3O3/c1-2-22-15-8-5-12(9-14(15)21-17(24)18(22)25)16(23)20-10-11-3-6-13(19)7-4-11/h3-9H,2,10H2,1H3,(H,20,23)(H,21,24). The van der Waals surface area contributed by atoms with Gasteiger partial charge in [0.15, 0.2) is 0 Å². The molecule has 0 aliphatic heterocycles. The minimum atomic E-state index is -0.701. The summed E-state index contributed by atoms with van der Waals surface area (Å²) in [6.07, 6.45) is 0. The number of amides is 1. The fourth-order valence-corrected chi connectivity index (χ4v) is 2.75. The number of carbonyl (C=O) groups is 1. The molecule has 0 saturated heterocycles. The van der Waals surface area contributed by atoms with Crippen LogP contribution in [-0.2, 0) is 13.1 Å². The Hall–Kier alpha value is -2.86. The highest BCUT2D eigenvalue weighted by Crippen LogP contribution is 2.13. The molecule has 3 aromatic rings. The van der Waals surface area contributed by atoms with Crippen LogP contribution in [0, 0.1) is 0 Å². The summed E-state index contributed by atoms with van der Waals surface area (Å²) < 4.78 is 1.38. The van der Waals surface area contributed by atoms with Crippen molar-refractivity contribution in [1.82, 2.24) is 14.9 Å². The number of aromatic amines is 1. The molecule has 1 amide bonds. The highest BCUT2D eigenvalue weighted by molar-refractivity contribution is 6.30. The van der Waals surface area contributed by atoms with Crippen molar-refractivity contribution >= 4 is 28.5 Å². The van der Waals surface area contributed by atoms with Crippen molar-refractivity contribution in [2.45, 2.75) is 20.0 Å². The van der Waals surface area contributed by atoms with E-state index in [1.165, 1.54) is 4.57 Å². The zero-order valence-corrected chi connectivity index (χ0v) is 14.3. The summed E-state index contributed by atoms with van der Waals surface area (Å²) in [6.45, 7) is 2.52. The van der Waals surface area contributed by atoms with Crippen LogP contribution >= 0.6 is 11.6 Å². The van der Waals surface area contributed by atoms with Gasteiger partial charge in [-0.25, -0.2) is 0 Å². The zero-order chi connectivity index (χ0) is 18.0. The molecule has 2 N–H and O–H groups in total. The number of halogens is 1. The number of nitrogens with zero attached hydrogens (tertiary/aromatic N) is 1. The first-order chi connectivity index (χ1) is 12.0. The average Bonchev–Trinajstić information content (AvgIpc) is 2.61. The van der Waals surface area contributed by atoms with Gasteiger partial charge in [0.05, 0.1) is 11.0 Å². The molecule has 0 aliphatic rings. The van der Waals surface area contributed by atoms with Crippen molar-refractivity contribution in [2.24, 2.45) is 0 Å². The third-order valence-corrected chi connectivity index (χ3v) is 4.17. The summed E-state index contributed by atoms with van der Waals surface area (Å²) in [5.41, 5.74) is 1.06. The Kier molecular flexibility index (Phi) is 4.72. The minimum absolute atomic E-state index is 0.271. The van der Waals surface area contributed by atoms with Crippen molar-refractivity contribution in [3.05, 3.63) is 79.3 Å². The number of rotatable bonds is 4. The van der Waals surface area contributed by atoms with Crippen LogP contribution in [0.25, 0.3) is 11.0 Å². The molecule has 0 fully saturated rings. The van der Waals surface area contributed by atoms with E-state index < -0.39 is 11.1 Å². The molecule has 2 aromatic carbocycles. The number of hydrogen-bond donors (Lipinski definition) is 2. The molecule has 0 unspecified atom stereocenters. The maximum Gasteiger partial charge on any atom is 0.316 e. The van der Waals surface area contributed by atoms with Crippen LogP contribution in [0.1, 0.15) is 22.8 Å². The number of nitrogens with one attached hydrogen (secondary N) is 2. The molecule has 128 valence electrons. The lowest BCUT2D eigenvalue weighted by molar-refractivity contribution is 0.0951. The van der Waals surface area contributed by atoms with E-state index in [2.05, 4.69) is 10.3 Å². The first kappa shape index (κ1) is 17.0. The lowest BCUT2D eigenvalue weighted by atomic mass is 10.1. The lowest BCUT2D eigenvalue weighted by Gasteiger charge is -2.09. The molecule has 7 heteroatoms. The number of H-pyrrole nitrogens is 1. The zero-order valence-electron chi connectivity index (χ0n) is 13.5. The topological polar surface area (TPSA) is 84.0 Å². The molecule has 3 rings (SSSR count). The molecule has 25 heavy (non-hydrogen) atoms. The van der Waals surface area contributed by atoms with Crippen molar-refractivity contribution in [3.8, 4) is 0 Å². The third kappa shape index (κ3) is 3.49. The molecule has 0 bridgehead atoms. The maximum absolute atomic E-state index is 12.3. The molecule has 6 nitrogen and oxygen atoms in total. The average molecular weight is 358 g/mol. The molecule has 0 aliphatic carbocycles. The van der Waals surface area contributed by atoms with Crippen LogP contribution in [0.3, 0.4) is 0 Å². The van der Waals surface area contributed by atoms with E-state index in [0.29, 0.717) is 34.7 Å². The number of benzene rings is 2. The second-order valence-corrected chi connectivity index (χ2v) is 5.98. The van der Waals surface area contributed by atoms with Gasteiger partial charge in [-0.05, 0) is 42.8 Å². The predicted octanol–water partition coefficient (Wildman–Crippen LogP) is 2.29. The van der Waals surface area contributed by atoms with Gasteiger partial charge >= 0.3 is 11.1 Å². The summed E-state index contributed by atoms with van der Waals surface area (Å²) in [4.78, 5) is 38.4. The van der Waals surface area contributed by atoms with Gasteiger partial charge in [0, 0.05) is 23.7 Å². The first-order valence-electron chi connectivity index (χ1n) is 7.79. The Labute approximate surface area is 148 Å². The predicted molar refractivity (Wildman–Crippen MR) is 97.1 cm³/mol. The van der Waals surface area contributed by atoms with Crippen LogP contribution < -0.4 is 16.4 Å². The smallest absolute Gasteiger partial charge is 0.316 e. The number of hydrogen-bond acceptors (Lipinski definition) is 3. The summed E-state index contributed by atoms with van der Waals surface area (Å²) in [5.74, 6) is -0.271. The van der Waals surface area contributed by atoms with Crippen molar-refractivity contribution in [1.29, 1.82) is 0 Å². The third-order valence-electron chi connectivity index (χ3n) is 3.92. The number of fused-ring (bicyclic) bond motifs is 1. The summed E-state index contributed by atoms with van der Waals surface area (Å²) >= 11 is 5.83. The van der Waals surface area contributed by atoms with E-state index in [9.17, 15) is 14.4 Å². The van der Waals surface area contributed by atoms with Crippen molar-refractivity contribution < 1.29 is 4.79 Å². The summed E-state index contributed by atoms with van der Waals surface area (Å²) in [5, 5.41) is 3.45. The maximum atomic E-state index is 12.3. The number of aryl methyl sites for hydroxylation is 1. The SMILES string of the molecule is CCn1c(=O)c(=O)[nH]c2cc(C(=O)NCc3ccc(Cl)cc3)ccc21. The second-order valence-electron chi connectivity index (χ2n) is 5.54. The first-order valence-corrected chi connectivity index (χ1v) is 8.17. The normalized spacial score (nSPS) is 10.8. The highest BCUT2D eigenvalue weighted by atomic mass is 35.5. The molecule has 0 spiro atoms. The van der Waals surface area contributed by atoms with Gasteiger partial charge in [-0.15, -0.1) is 0 Å². The minimum Gasteiger partial charge on any atom is -0.348 e. The molecule has 1 heterocycles. The molecule has 0 radical (unpaired) electrons. The van der Waals surface area contributed by atoms with Gasteiger partial charge in [0.2, 0.25) is 0 Å². The highest BCUT2D eigenvalue weighted by Gasteiger charge is 2.10. The van der Waals surface area contributed by atoms with E-state index in [0.717, 1.165) is 5.56 Å². The fourth-order valence-electron chi connectivity index (χ4n) is 2.62. The van der Waals surface area contributed by atoms with Gasteiger partial charge < -0.3 is 14.9 Å². The van der Waals surface area contributed by atoms with Gasteiger partial charge in [-0.3, -0.25) is 14.4 Å². The van der Waals surface area contributed by atoms with Crippen molar-refractivity contribution in [3.63, 3.8) is 0 Å². The van der Waals surface area contributed by atoms with Gasteiger partial charge in [0.1, 0.15) is 0 Å². The molecule has 0 atom stereocenters. The van der Waals surface area contributed by atoms with E-state index in [1.54, 1.807) is 37.3 Å². The van der Waals surface area contributed by atoms with Crippen LogP contribution in [0.5, 0.6) is 0 Å². The van der Waals surface area contributed by atoms with E-state index >= 15 is 0 Å². The van der Waals surface area contributed by atoms with Crippen LogP contribution in [0.2, 0.25) is 5.02 Å². The fraction of sp³-hybridized carbons (Fsp3) is 0.167. The number of carbonyl (C=O) groups excluding carboxylic acids is 1. The Bertz CT molecular complexity index is 1050. The van der Waals surface area contributed by atoms with Gasteiger partial charge in [0.25, 0.3) is 5.91 Å². The lowest BCUT2D eigenvalue weighted by Crippen LogP contribution is -2.36. The molecular weight excluding hydrogens is 342 g/mol. The summed E-state index contributed by atoms with van der Waals surface area (Å²) in [7, 11) is 0. The van der Waals surface area contributed by atoms with Crippen LogP contribution in [0.4, 0.5) is 0 Å². The van der Waals surface area contributed by atoms with Crippen molar-refractivity contribution in [2.75, 3.05) is 0 Å². The monoisotopic (exact) mass is 357 g/mol. The number of aromatic nitrogens is 2. The molecule has 0 saturated carbocycles. The largest absolute Gasteiger partial charge is 0.348 e. The van der Waals surface area contributed by atoms with Gasteiger partial charge in [-0.1, -0.05) is 23.7 Å². The van der Waals surface area contributed by atoms with Crippen LogP contribution in [0.15, 0.2) is 52.1 Å². The van der Waals surface area contributed by atoms with E-state index in [1.807, 2.05) is 12.1 Å². The second kappa shape index (κ2) is 6.94.